The summed E-state index contributed by atoms with van der Waals surface area (Å²) in [5, 5.41) is 7.76. The molecule has 1 N–H and O–H groups in total. The van der Waals surface area contributed by atoms with Crippen LogP contribution in [0.5, 0.6) is 0 Å². The van der Waals surface area contributed by atoms with Gasteiger partial charge in [0.05, 0.1) is 20.1 Å². The van der Waals surface area contributed by atoms with Crippen molar-refractivity contribution in [2.45, 2.75) is 17.4 Å². The highest BCUT2D eigenvalue weighted by molar-refractivity contribution is 6.53. The summed E-state index contributed by atoms with van der Waals surface area (Å²) in [6.07, 6.45) is -1.49. The standard InChI is InChI=1S/C14H9Cl5O3/c15-8-9(16)11(18)14(22-13(20)21,12(19)10(8)17)6-7-4-2-1-3-5-7/h1-5,11H,6H2,(H,20,21). The SMILES string of the molecule is O=C(O)OC1(Cc2ccccc2)C(Cl)=C(Cl)C(Cl)=C(Cl)C1Cl. The maximum Gasteiger partial charge on any atom is 0.506 e. The molecule has 22 heavy (non-hydrogen) atoms. The monoisotopic (exact) mass is 400 g/mol. The lowest BCUT2D eigenvalue weighted by molar-refractivity contribution is 0.00990. The van der Waals surface area contributed by atoms with Crippen LogP contribution in [-0.4, -0.2) is 22.2 Å². The van der Waals surface area contributed by atoms with Crippen LogP contribution in [0.15, 0.2) is 50.5 Å². The molecule has 2 unspecified atom stereocenters. The number of halogens is 5. The van der Waals surface area contributed by atoms with Gasteiger partial charge in [0.25, 0.3) is 0 Å². The summed E-state index contributed by atoms with van der Waals surface area (Å²) in [5.41, 5.74) is -0.900. The fourth-order valence-corrected chi connectivity index (χ4v) is 3.76. The van der Waals surface area contributed by atoms with Crippen LogP contribution in [0.3, 0.4) is 0 Å². The summed E-state index contributed by atoms with van der Waals surface area (Å²) in [7, 11) is 0. The maximum atomic E-state index is 11.2. The normalized spacial score (nSPS) is 25.4. The lowest BCUT2D eigenvalue weighted by atomic mass is 9.86. The van der Waals surface area contributed by atoms with Gasteiger partial charge in [0.2, 0.25) is 0 Å². The smallest absolute Gasteiger partial charge is 0.450 e. The molecule has 0 radical (unpaired) electrons. The van der Waals surface area contributed by atoms with Crippen LogP contribution in [-0.2, 0) is 11.2 Å². The summed E-state index contributed by atoms with van der Waals surface area (Å²) < 4.78 is 5.03. The Morgan fingerprint density at radius 1 is 1.14 bits per heavy atom. The van der Waals surface area contributed by atoms with Crippen molar-refractivity contribution in [2.75, 3.05) is 0 Å². The number of alkyl halides is 1. The molecule has 3 nitrogen and oxygen atoms in total. The zero-order chi connectivity index (χ0) is 16.5. The van der Waals surface area contributed by atoms with Gasteiger partial charge in [0.15, 0.2) is 5.60 Å². The molecule has 2 rings (SSSR count). The van der Waals surface area contributed by atoms with E-state index in [4.69, 9.17) is 67.8 Å². The zero-order valence-electron chi connectivity index (χ0n) is 10.8. The molecule has 1 aromatic rings. The van der Waals surface area contributed by atoms with Crippen molar-refractivity contribution in [3.63, 3.8) is 0 Å². The Morgan fingerprint density at radius 2 is 1.73 bits per heavy atom. The van der Waals surface area contributed by atoms with Gasteiger partial charge in [-0.1, -0.05) is 76.7 Å². The molecule has 8 heteroatoms. The van der Waals surface area contributed by atoms with Crippen LogP contribution in [0.4, 0.5) is 4.79 Å². The second kappa shape index (κ2) is 6.90. The van der Waals surface area contributed by atoms with E-state index in [2.05, 4.69) is 0 Å². The minimum absolute atomic E-state index is 0.0186. The molecule has 0 aromatic heterocycles. The number of carboxylic acid groups (broad SMARTS) is 1. The van der Waals surface area contributed by atoms with Crippen LogP contribution in [0.1, 0.15) is 5.56 Å². The minimum atomic E-state index is -1.65. The van der Waals surface area contributed by atoms with Crippen molar-refractivity contribution >= 4 is 64.2 Å². The fourth-order valence-electron chi connectivity index (χ4n) is 2.17. The quantitative estimate of drug-likeness (QED) is 0.524. The van der Waals surface area contributed by atoms with Crippen LogP contribution in [0.2, 0.25) is 0 Å². The summed E-state index contributed by atoms with van der Waals surface area (Å²) in [5.74, 6) is 0. The Balaban J connectivity index is 2.57. The van der Waals surface area contributed by atoms with Gasteiger partial charge in [-0.25, -0.2) is 4.79 Å². The van der Waals surface area contributed by atoms with E-state index in [1.54, 1.807) is 24.3 Å². The number of carbonyl (C=O) groups is 1. The highest BCUT2D eigenvalue weighted by Gasteiger charge is 2.51. The van der Waals surface area contributed by atoms with Crippen LogP contribution < -0.4 is 0 Å². The average Bonchev–Trinajstić information content (AvgIpc) is 2.50. The molecule has 0 spiro atoms. The highest BCUT2D eigenvalue weighted by atomic mass is 35.5. The first-order chi connectivity index (χ1) is 10.3. The number of ether oxygens (including phenoxy) is 1. The predicted octanol–water partition coefficient (Wildman–Crippen LogP) is 5.66. The molecule has 0 amide bonds. The summed E-state index contributed by atoms with van der Waals surface area (Å²) in [6, 6.07) is 8.96. The van der Waals surface area contributed by atoms with E-state index in [-0.39, 0.29) is 26.5 Å². The minimum Gasteiger partial charge on any atom is -0.450 e. The predicted molar refractivity (Wildman–Crippen MR) is 89.1 cm³/mol. The molecule has 0 heterocycles. The van der Waals surface area contributed by atoms with Gasteiger partial charge in [-0.05, 0) is 5.56 Å². The van der Waals surface area contributed by atoms with Crippen molar-refractivity contribution < 1.29 is 14.6 Å². The third kappa shape index (κ3) is 3.19. The largest absolute Gasteiger partial charge is 0.506 e. The van der Waals surface area contributed by atoms with E-state index < -0.39 is 17.1 Å². The summed E-state index contributed by atoms with van der Waals surface area (Å²) in [4.78, 5) is 11.2. The molecular formula is C14H9Cl5O3. The van der Waals surface area contributed by atoms with Crippen LogP contribution in [0.25, 0.3) is 0 Å². The van der Waals surface area contributed by atoms with E-state index in [1.165, 1.54) is 0 Å². The van der Waals surface area contributed by atoms with E-state index in [0.29, 0.717) is 0 Å². The number of hydrogen-bond donors (Lipinski definition) is 1. The molecule has 1 aliphatic carbocycles. The van der Waals surface area contributed by atoms with E-state index in [0.717, 1.165) is 5.56 Å². The van der Waals surface area contributed by atoms with Crippen LogP contribution >= 0.6 is 58.0 Å². The first-order valence-corrected chi connectivity index (χ1v) is 7.95. The molecular weight excluding hydrogens is 393 g/mol. The van der Waals surface area contributed by atoms with Crippen molar-refractivity contribution in [1.82, 2.24) is 0 Å². The first-order valence-electron chi connectivity index (χ1n) is 6.01. The second-order valence-corrected chi connectivity index (χ2v) is 6.55. The fraction of sp³-hybridized carbons (Fsp3) is 0.214. The molecule has 0 saturated carbocycles. The van der Waals surface area contributed by atoms with Crippen molar-refractivity contribution in [3.8, 4) is 0 Å². The van der Waals surface area contributed by atoms with Gasteiger partial charge >= 0.3 is 6.16 Å². The Morgan fingerprint density at radius 3 is 2.27 bits per heavy atom. The molecule has 0 saturated heterocycles. The van der Waals surface area contributed by atoms with Crippen molar-refractivity contribution in [1.29, 1.82) is 0 Å². The highest BCUT2D eigenvalue weighted by Crippen LogP contribution is 2.50. The average molecular weight is 402 g/mol. The van der Waals surface area contributed by atoms with Crippen molar-refractivity contribution in [3.05, 3.63) is 56.0 Å². The Bertz CT molecular complexity index is 656. The number of benzene rings is 1. The number of allylic oxidation sites excluding steroid dienone is 2. The second-order valence-electron chi connectivity index (χ2n) is 4.57. The zero-order valence-corrected chi connectivity index (χ0v) is 14.6. The number of rotatable bonds is 3. The van der Waals surface area contributed by atoms with Crippen LogP contribution in [0, 0.1) is 0 Å². The third-order valence-corrected chi connectivity index (χ3v) is 5.84. The van der Waals surface area contributed by atoms with Crippen molar-refractivity contribution in [2.24, 2.45) is 0 Å². The van der Waals surface area contributed by atoms with Gasteiger partial charge in [0.1, 0.15) is 5.38 Å². The molecule has 1 aromatic carbocycles. The first kappa shape index (κ1) is 17.8. The van der Waals surface area contributed by atoms with Gasteiger partial charge in [-0.15, -0.1) is 11.6 Å². The third-order valence-electron chi connectivity index (χ3n) is 3.18. The van der Waals surface area contributed by atoms with E-state index >= 15 is 0 Å². The molecule has 0 fully saturated rings. The Kier molecular flexibility index (Phi) is 5.57. The molecule has 2 atom stereocenters. The van der Waals surface area contributed by atoms with E-state index in [1.807, 2.05) is 6.07 Å². The molecule has 0 aliphatic heterocycles. The maximum absolute atomic E-state index is 11.2. The van der Waals surface area contributed by atoms with Gasteiger partial charge in [-0.3, -0.25) is 0 Å². The molecule has 118 valence electrons. The molecule has 1 aliphatic rings. The lowest BCUT2D eigenvalue weighted by Crippen LogP contribution is -2.48. The summed E-state index contributed by atoms with van der Waals surface area (Å²) >= 11 is 30.6. The van der Waals surface area contributed by atoms with Gasteiger partial charge in [-0.2, -0.15) is 0 Å². The van der Waals surface area contributed by atoms with E-state index in [9.17, 15) is 4.79 Å². The van der Waals surface area contributed by atoms with Gasteiger partial charge in [0, 0.05) is 6.42 Å². The topological polar surface area (TPSA) is 46.5 Å². The molecule has 0 bridgehead atoms. The summed E-state index contributed by atoms with van der Waals surface area (Å²) in [6.45, 7) is 0. The Labute approximate surface area is 152 Å². The lowest BCUT2D eigenvalue weighted by Gasteiger charge is -2.39. The van der Waals surface area contributed by atoms with Gasteiger partial charge < -0.3 is 9.84 Å². The number of hydrogen-bond acceptors (Lipinski definition) is 2. The Hall–Kier alpha value is -0.580.